The first-order valence-corrected chi connectivity index (χ1v) is 9.69. The fourth-order valence-corrected chi connectivity index (χ4v) is 3.09. The summed E-state index contributed by atoms with van der Waals surface area (Å²) in [7, 11) is 0. The number of benzene rings is 1. The van der Waals surface area contributed by atoms with E-state index in [1.54, 1.807) is 24.3 Å². The van der Waals surface area contributed by atoms with Gasteiger partial charge in [0.15, 0.2) is 5.78 Å². The van der Waals surface area contributed by atoms with Crippen LogP contribution in [0.1, 0.15) is 33.3 Å². The van der Waals surface area contributed by atoms with Crippen LogP contribution in [0.4, 0.5) is 19.0 Å². The Hall–Kier alpha value is -4.34. The van der Waals surface area contributed by atoms with Gasteiger partial charge in [-0.25, -0.2) is 9.67 Å². The van der Waals surface area contributed by atoms with Crippen LogP contribution in [0.2, 0.25) is 0 Å². The summed E-state index contributed by atoms with van der Waals surface area (Å²) in [6.45, 7) is 1.39. The van der Waals surface area contributed by atoms with Gasteiger partial charge in [-0.15, -0.1) is 0 Å². The molecule has 0 bridgehead atoms. The highest BCUT2D eigenvalue weighted by molar-refractivity contribution is 6.05. The fourth-order valence-electron chi connectivity index (χ4n) is 3.09. The number of Topliss-reactive ketones (excluding diaryl/α,β-unsaturated/α-hetero) is 1. The number of rotatable bonds is 5. The van der Waals surface area contributed by atoms with Crippen LogP contribution < -0.4 is 5.32 Å². The number of hydrogen-bond acceptors (Lipinski definition) is 5. The van der Waals surface area contributed by atoms with E-state index in [9.17, 15) is 22.8 Å². The molecule has 1 aromatic carbocycles. The third kappa shape index (κ3) is 4.79. The Balaban J connectivity index is 1.61. The third-order valence-corrected chi connectivity index (χ3v) is 4.72. The van der Waals surface area contributed by atoms with E-state index in [-0.39, 0.29) is 28.5 Å². The van der Waals surface area contributed by atoms with Crippen molar-refractivity contribution in [2.24, 2.45) is 0 Å². The van der Waals surface area contributed by atoms with Gasteiger partial charge in [0, 0.05) is 29.1 Å². The van der Waals surface area contributed by atoms with Crippen molar-refractivity contribution in [1.82, 2.24) is 19.7 Å². The molecular weight excluding hydrogens is 435 g/mol. The summed E-state index contributed by atoms with van der Waals surface area (Å²) in [6, 6.07) is 13.0. The molecule has 10 heteroatoms. The number of carbonyl (C=O) groups excluding carboxylic acids is 2. The van der Waals surface area contributed by atoms with E-state index in [0.29, 0.717) is 11.1 Å². The van der Waals surface area contributed by atoms with Gasteiger partial charge < -0.3 is 5.32 Å². The van der Waals surface area contributed by atoms with Gasteiger partial charge in [0.2, 0.25) is 0 Å². The van der Waals surface area contributed by atoms with Crippen molar-refractivity contribution in [1.29, 1.82) is 0 Å². The quantitative estimate of drug-likeness (QED) is 0.440. The molecule has 0 atom stereocenters. The van der Waals surface area contributed by atoms with E-state index in [1.807, 2.05) is 0 Å². The highest BCUT2D eigenvalue weighted by Gasteiger charge is 2.36. The second kappa shape index (κ2) is 8.65. The monoisotopic (exact) mass is 451 g/mol. The Bertz CT molecular complexity index is 1320. The largest absolute Gasteiger partial charge is 0.433 e. The Morgan fingerprint density at radius 1 is 0.970 bits per heavy atom. The van der Waals surface area contributed by atoms with Gasteiger partial charge in [-0.05, 0) is 49.4 Å². The SMILES string of the molecule is CC(=O)c1cccc(C(=O)Nc2ccc(-n3nc(-c4cccnc4)cc3C(F)(F)F)cn2)c1. The number of hydrogen-bond donors (Lipinski definition) is 1. The molecule has 166 valence electrons. The van der Waals surface area contributed by atoms with Gasteiger partial charge in [0.1, 0.15) is 11.5 Å². The van der Waals surface area contributed by atoms with E-state index < -0.39 is 17.8 Å². The maximum atomic E-state index is 13.6. The van der Waals surface area contributed by atoms with E-state index >= 15 is 0 Å². The first kappa shape index (κ1) is 21.9. The lowest BCUT2D eigenvalue weighted by Crippen LogP contribution is -2.15. The zero-order valence-corrected chi connectivity index (χ0v) is 17.2. The summed E-state index contributed by atoms with van der Waals surface area (Å²) in [5.74, 6) is -0.560. The van der Waals surface area contributed by atoms with E-state index in [1.165, 1.54) is 49.8 Å². The number of alkyl halides is 3. The summed E-state index contributed by atoms with van der Waals surface area (Å²) in [5.41, 5.74) is 0.273. The second-order valence-corrected chi connectivity index (χ2v) is 7.06. The minimum atomic E-state index is -4.65. The zero-order chi connectivity index (χ0) is 23.6. The van der Waals surface area contributed by atoms with Crippen LogP contribution in [0.15, 0.2) is 73.2 Å². The first-order valence-electron chi connectivity index (χ1n) is 9.69. The fraction of sp³-hybridized carbons (Fsp3) is 0.0870. The Morgan fingerprint density at radius 2 is 1.76 bits per heavy atom. The number of halogens is 3. The number of ketones is 1. The molecule has 3 heterocycles. The second-order valence-electron chi connectivity index (χ2n) is 7.06. The van der Waals surface area contributed by atoms with E-state index in [2.05, 4.69) is 20.4 Å². The maximum absolute atomic E-state index is 13.6. The molecule has 7 nitrogen and oxygen atoms in total. The normalized spacial score (nSPS) is 11.3. The van der Waals surface area contributed by atoms with Gasteiger partial charge in [-0.2, -0.15) is 18.3 Å². The number of pyridine rings is 2. The third-order valence-electron chi connectivity index (χ3n) is 4.72. The predicted molar refractivity (Wildman–Crippen MR) is 114 cm³/mol. The Labute approximate surface area is 185 Å². The van der Waals surface area contributed by atoms with Crippen molar-refractivity contribution < 1.29 is 22.8 Å². The molecule has 4 rings (SSSR count). The van der Waals surface area contributed by atoms with E-state index in [4.69, 9.17) is 0 Å². The zero-order valence-electron chi connectivity index (χ0n) is 17.2. The van der Waals surface area contributed by atoms with Gasteiger partial charge >= 0.3 is 6.18 Å². The molecule has 1 amide bonds. The lowest BCUT2D eigenvalue weighted by molar-refractivity contribution is -0.142. The summed E-state index contributed by atoms with van der Waals surface area (Å²) < 4.78 is 41.6. The molecule has 1 N–H and O–H groups in total. The average Bonchev–Trinajstić information content (AvgIpc) is 3.26. The number of nitrogens with one attached hydrogen (secondary N) is 1. The van der Waals surface area contributed by atoms with Crippen LogP contribution in [0, 0.1) is 0 Å². The summed E-state index contributed by atoms with van der Waals surface area (Å²) in [4.78, 5) is 31.9. The van der Waals surface area contributed by atoms with Crippen LogP contribution in [-0.2, 0) is 6.18 Å². The maximum Gasteiger partial charge on any atom is 0.433 e. The molecule has 33 heavy (non-hydrogen) atoms. The van der Waals surface area contributed by atoms with Gasteiger partial charge in [-0.1, -0.05) is 12.1 Å². The molecule has 0 radical (unpaired) electrons. The van der Waals surface area contributed by atoms with Gasteiger partial charge in [-0.3, -0.25) is 14.6 Å². The van der Waals surface area contributed by atoms with Crippen molar-refractivity contribution >= 4 is 17.5 Å². The molecule has 0 aliphatic heterocycles. The molecule has 0 saturated carbocycles. The molecule has 0 aliphatic rings. The highest BCUT2D eigenvalue weighted by Crippen LogP contribution is 2.33. The summed E-state index contributed by atoms with van der Waals surface area (Å²) in [6.07, 6.45) is -0.539. The molecule has 0 fully saturated rings. The molecular formula is C23H16F3N5O2. The van der Waals surface area contributed by atoms with E-state index in [0.717, 1.165) is 10.7 Å². The molecule has 4 aromatic rings. The summed E-state index contributed by atoms with van der Waals surface area (Å²) in [5, 5.41) is 6.64. The Kier molecular flexibility index (Phi) is 5.74. The standard InChI is InChI=1S/C23H16F3N5O2/c1-14(32)15-4-2-5-16(10-15)22(33)29-21-8-7-18(13-28-21)31-20(23(24,25)26)11-19(30-31)17-6-3-9-27-12-17/h2-13H,1H3,(H,28,29,33). The number of amides is 1. The predicted octanol–water partition coefficient (Wildman–Crippen LogP) is 4.80. The van der Waals surface area contributed by atoms with Crippen molar-refractivity contribution in [3.63, 3.8) is 0 Å². The number of anilines is 1. The van der Waals surface area contributed by atoms with Gasteiger partial charge in [0.05, 0.1) is 17.6 Å². The van der Waals surface area contributed by atoms with Crippen LogP contribution in [-0.4, -0.2) is 31.4 Å². The molecule has 0 unspecified atom stereocenters. The average molecular weight is 451 g/mol. The van der Waals surface area contributed by atoms with Crippen LogP contribution >= 0.6 is 0 Å². The van der Waals surface area contributed by atoms with Crippen molar-refractivity contribution in [3.05, 3.63) is 90.0 Å². The smallest absolute Gasteiger partial charge is 0.307 e. The lowest BCUT2D eigenvalue weighted by atomic mass is 10.1. The molecule has 3 aromatic heterocycles. The van der Waals surface area contributed by atoms with Crippen molar-refractivity contribution in [2.45, 2.75) is 13.1 Å². The molecule has 0 spiro atoms. The highest BCUT2D eigenvalue weighted by atomic mass is 19.4. The summed E-state index contributed by atoms with van der Waals surface area (Å²) >= 11 is 0. The van der Waals surface area contributed by atoms with Crippen LogP contribution in [0.25, 0.3) is 16.9 Å². The molecule has 0 aliphatic carbocycles. The lowest BCUT2D eigenvalue weighted by Gasteiger charge is -2.11. The van der Waals surface area contributed by atoms with Crippen LogP contribution in [0.3, 0.4) is 0 Å². The van der Waals surface area contributed by atoms with Gasteiger partial charge in [0.25, 0.3) is 5.91 Å². The molecule has 0 saturated heterocycles. The minimum Gasteiger partial charge on any atom is -0.307 e. The van der Waals surface area contributed by atoms with Crippen LogP contribution in [0.5, 0.6) is 0 Å². The van der Waals surface area contributed by atoms with Crippen molar-refractivity contribution in [2.75, 3.05) is 5.32 Å². The number of aromatic nitrogens is 4. The number of nitrogens with zero attached hydrogens (tertiary/aromatic N) is 4. The topological polar surface area (TPSA) is 89.8 Å². The number of carbonyl (C=O) groups is 2. The first-order chi connectivity index (χ1) is 15.7. The minimum absolute atomic E-state index is 0.0639. The van der Waals surface area contributed by atoms with Crippen molar-refractivity contribution in [3.8, 4) is 16.9 Å². The Morgan fingerprint density at radius 3 is 2.39 bits per heavy atom.